The van der Waals surface area contributed by atoms with Crippen molar-refractivity contribution in [3.63, 3.8) is 0 Å². The summed E-state index contributed by atoms with van der Waals surface area (Å²) in [6.07, 6.45) is 1.60. The molecule has 4 nitrogen and oxygen atoms in total. The molecule has 1 aliphatic rings. The Labute approximate surface area is 143 Å². The summed E-state index contributed by atoms with van der Waals surface area (Å²) in [5.74, 6) is -0.867. The van der Waals surface area contributed by atoms with Crippen molar-refractivity contribution in [2.45, 2.75) is 13.8 Å². The van der Waals surface area contributed by atoms with Gasteiger partial charge in [0.25, 0.3) is 11.8 Å². The van der Waals surface area contributed by atoms with Gasteiger partial charge in [0, 0.05) is 4.88 Å². The van der Waals surface area contributed by atoms with Gasteiger partial charge in [-0.25, -0.2) is 0 Å². The molecule has 116 valence electrons. The number of amides is 2. The molecule has 1 aromatic carbocycles. The largest absolute Gasteiger partial charge is 0.298 e. The van der Waals surface area contributed by atoms with Crippen LogP contribution in [-0.4, -0.2) is 16.9 Å². The van der Waals surface area contributed by atoms with Gasteiger partial charge in [0.2, 0.25) is 0 Å². The number of aryl methyl sites for hydroxylation is 2. The Bertz CT molecular complexity index is 838. The lowest BCUT2D eigenvalue weighted by Crippen LogP contribution is -2.54. The quantitative estimate of drug-likeness (QED) is 0.518. The summed E-state index contributed by atoms with van der Waals surface area (Å²) in [6.45, 7) is 3.90. The van der Waals surface area contributed by atoms with E-state index in [0.717, 1.165) is 16.0 Å². The van der Waals surface area contributed by atoms with Crippen molar-refractivity contribution in [2.75, 3.05) is 4.90 Å². The van der Waals surface area contributed by atoms with Gasteiger partial charge < -0.3 is 0 Å². The predicted molar refractivity (Wildman–Crippen MR) is 96.4 cm³/mol. The molecule has 2 heterocycles. The van der Waals surface area contributed by atoms with Gasteiger partial charge >= 0.3 is 0 Å². The number of hydrogen-bond acceptors (Lipinski definition) is 4. The van der Waals surface area contributed by atoms with E-state index in [2.05, 4.69) is 5.32 Å². The number of rotatable bonds is 2. The lowest BCUT2D eigenvalue weighted by atomic mass is 10.1. The zero-order valence-corrected chi connectivity index (χ0v) is 14.3. The summed E-state index contributed by atoms with van der Waals surface area (Å²) >= 11 is 6.67. The number of anilines is 1. The van der Waals surface area contributed by atoms with E-state index < -0.39 is 11.8 Å². The number of nitrogens with one attached hydrogen (secondary N) is 1. The van der Waals surface area contributed by atoms with Crippen LogP contribution in [0.4, 0.5) is 5.69 Å². The fraction of sp³-hybridized carbons (Fsp3) is 0.118. The van der Waals surface area contributed by atoms with Gasteiger partial charge in [-0.3, -0.25) is 19.8 Å². The van der Waals surface area contributed by atoms with Crippen LogP contribution < -0.4 is 10.2 Å². The monoisotopic (exact) mass is 342 g/mol. The average Bonchev–Trinajstić information content (AvgIpc) is 2.98. The van der Waals surface area contributed by atoms with Crippen LogP contribution in [0.15, 0.2) is 41.3 Å². The third-order valence-corrected chi connectivity index (χ3v) is 4.63. The molecule has 1 fully saturated rings. The normalized spacial score (nSPS) is 16.9. The van der Waals surface area contributed by atoms with E-state index in [1.54, 1.807) is 6.08 Å². The fourth-order valence-electron chi connectivity index (χ4n) is 2.45. The average molecular weight is 342 g/mol. The van der Waals surface area contributed by atoms with Crippen molar-refractivity contribution in [3.05, 3.63) is 57.3 Å². The molecule has 6 heteroatoms. The Balaban J connectivity index is 2.05. The highest BCUT2D eigenvalue weighted by molar-refractivity contribution is 7.80. The van der Waals surface area contributed by atoms with Crippen molar-refractivity contribution < 1.29 is 9.59 Å². The van der Waals surface area contributed by atoms with Gasteiger partial charge in [0.15, 0.2) is 5.11 Å². The van der Waals surface area contributed by atoms with E-state index in [-0.39, 0.29) is 10.7 Å². The van der Waals surface area contributed by atoms with Crippen LogP contribution in [0.3, 0.4) is 0 Å². The van der Waals surface area contributed by atoms with Gasteiger partial charge in [-0.15, -0.1) is 11.3 Å². The second-order valence-corrected chi connectivity index (χ2v) is 6.63. The lowest BCUT2D eigenvalue weighted by Gasteiger charge is -2.30. The highest BCUT2D eigenvalue weighted by Crippen LogP contribution is 2.26. The van der Waals surface area contributed by atoms with E-state index in [9.17, 15) is 9.59 Å². The van der Waals surface area contributed by atoms with Crippen LogP contribution in [0, 0.1) is 13.8 Å². The topological polar surface area (TPSA) is 49.4 Å². The minimum Gasteiger partial charge on any atom is -0.298 e. The first kappa shape index (κ1) is 15.6. The maximum absolute atomic E-state index is 12.8. The molecule has 23 heavy (non-hydrogen) atoms. The van der Waals surface area contributed by atoms with Crippen molar-refractivity contribution in [2.24, 2.45) is 0 Å². The third kappa shape index (κ3) is 2.95. The first-order valence-electron chi connectivity index (χ1n) is 6.99. The number of nitrogens with zero attached hydrogens (tertiary/aromatic N) is 1. The Morgan fingerprint density at radius 2 is 2.00 bits per heavy atom. The maximum Gasteiger partial charge on any atom is 0.270 e. The second-order valence-electron chi connectivity index (χ2n) is 5.26. The number of carbonyl (C=O) groups excluding carboxylic acids is 2. The molecule has 0 bridgehead atoms. The number of thiophene rings is 1. The van der Waals surface area contributed by atoms with Gasteiger partial charge in [-0.05, 0) is 55.2 Å². The van der Waals surface area contributed by atoms with Crippen molar-refractivity contribution in [3.8, 4) is 0 Å². The van der Waals surface area contributed by atoms with E-state index >= 15 is 0 Å². The molecule has 1 aromatic heterocycles. The third-order valence-electron chi connectivity index (χ3n) is 3.52. The van der Waals surface area contributed by atoms with E-state index in [1.807, 2.05) is 49.6 Å². The van der Waals surface area contributed by atoms with E-state index in [4.69, 9.17) is 12.2 Å². The van der Waals surface area contributed by atoms with E-state index in [0.29, 0.717) is 5.69 Å². The van der Waals surface area contributed by atoms with Gasteiger partial charge in [-0.1, -0.05) is 23.8 Å². The summed E-state index contributed by atoms with van der Waals surface area (Å²) in [7, 11) is 0. The molecule has 0 atom stereocenters. The molecule has 1 saturated heterocycles. The second kappa shape index (κ2) is 6.06. The van der Waals surface area contributed by atoms with Gasteiger partial charge in [0.1, 0.15) is 5.57 Å². The first-order chi connectivity index (χ1) is 11.0. The summed E-state index contributed by atoms with van der Waals surface area (Å²) in [6, 6.07) is 9.46. The zero-order chi connectivity index (χ0) is 16.6. The molecule has 0 saturated carbocycles. The van der Waals surface area contributed by atoms with Crippen LogP contribution in [0.5, 0.6) is 0 Å². The molecule has 3 rings (SSSR count). The number of thiocarbonyl (C=S) groups is 1. The summed E-state index contributed by atoms with van der Waals surface area (Å²) in [5.41, 5.74) is 2.79. The number of benzene rings is 1. The van der Waals surface area contributed by atoms with Crippen LogP contribution in [0.1, 0.15) is 16.0 Å². The number of hydrogen-bond donors (Lipinski definition) is 1. The molecule has 2 aromatic rings. The van der Waals surface area contributed by atoms with Crippen LogP contribution in [0.25, 0.3) is 6.08 Å². The smallest absolute Gasteiger partial charge is 0.270 e. The highest BCUT2D eigenvalue weighted by Gasteiger charge is 2.35. The number of carbonyl (C=O) groups is 2. The van der Waals surface area contributed by atoms with Gasteiger partial charge in [0.05, 0.1) is 5.69 Å². The Morgan fingerprint density at radius 3 is 2.65 bits per heavy atom. The first-order valence-corrected chi connectivity index (χ1v) is 8.28. The molecule has 0 unspecified atom stereocenters. The molecular weight excluding hydrogens is 328 g/mol. The van der Waals surface area contributed by atoms with Crippen LogP contribution in [0.2, 0.25) is 0 Å². The van der Waals surface area contributed by atoms with Crippen molar-refractivity contribution in [1.29, 1.82) is 0 Å². The molecule has 1 N–H and O–H groups in total. The molecule has 2 amide bonds. The lowest BCUT2D eigenvalue weighted by molar-refractivity contribution is -0.122. The van der Waals surface area contributed by atoms with Gasteiger partial charge in [-0.2, -0.15) is 0 Å². The van der Waals surface area contributed by atoms with Crippen molar-refractivity contribution >= 4 is 52.2 Å². The Morgan fingerprint density at radius 1 is 1.22 bits per heavy atom. The molecule has 1 aliphatic heterocycles. The van der Waals surface area contributed by atoms with Crippen LogP contribution in [-0.2, 0) is 9.59 Å². The van der Waals surface area contributed by atoms with Crippen LogP contribution >= 0.6 is 23.6 Å². The summed E-state index contributed by atoms with van der Waals surface area (Å²) in [4.78, 5) is 27.2. The molecular formula is C17H14N2O2S2. The highest BCUT2D eigenvalue weighted by atomic mass is 32.1. The Hall–Kier alpha value is -2.31. The fourth-order valence-corrected chi connectivity index (χ4v) is 3.38. The maximum atomic E-state index is 12.8. The zero-order valence-electron chi connectivity index (χ0n) is 12.6. The predicted octanol–water partition coefficient (Wildman–Crippen LogP) is 3.20. The summed E-state index contributed by atoms with van der Waals surface area (Å²) in [5, 5.41) is 4.60. The molecule has 0 aliphatic carbocycles. The van der Waals surface area contributed by atoms with E-state index in [1.165, 1.54) is 16.2 Å². The van der Waals surface area contributed by atoms with Crippen molar-refractivity contribution in [1.82, 2.24) is 5.32 Å². The standard InChI is InChI=1S/C17H14N2O2S2/c1-10-5-6-14(11(2)8-10)19-16(21)13(15(20)18-17(19)22)9-12-4-3-7-23-12/h3-9H,1-2H3,(H,18,20,22)/b13-9+. The Kier molecular flexibility index (Phi) is 4.11. The minimum absolute atomic E-state index is 0.0843. The molecule has 0 radical (unpaired) electrons. The molecule has 0 spiro atoms. The SMILES string of the molecule is Cc1ccc(N2C(=O)/C(=C/c3cccs3)C(=O)NC2=S)c(C)c1. The minimum atomic E-state index is -0.464. The summed E-state index contributed by atoms with van der Waals surface area (Å²) < 4.78 is 0.